The molecular formula is C16H24N4O4S. The van der Waals surface area contributed by atoms with E-state index in [2.05, 4.69) is 20.7 Å². The number of carbonyl (C=O) groups is 1. The summed E-state index contributed by atoms with van der Waals surface area (Å²) in [5, 5.41) is 14.0. The number of aliphatic hydroxyl groups excluding tert-OH is 1. The first-order valence-corrected chi connectivity index (χ1v) is 10.2. The molecule has 25 heavy (non-hydrogen) atoms. The molecule has 9 heteroatoms. The van der Waals surface area contributed by atoms with Crippen LogP contribution in [0.15, 0.2) is 15.6 Å². The van der Waals surface area contributed by atoms with Gasteiger partial charge in [-0.2, -0.15) is 0 Å². The third kappa shape index (κ3) is 3.57. The Morgan fingerprint density at radius 3 is 2.80 bits per heavy atom. The predicted molar refractivity (Wildman–Crippen MR) is 95.6 cm³/mol. The number of aliphatic hydroxyl groups is 1. The molecule has 0 aliphatic carbocycles. The Bertz CT molecular complexity index is 799. The molecule has 4 atom stereocenters. The van der Waals surface area contributed by atoms with E-state index in [4.69, 9.17) is 4.52 Å². The normalized spacial score (nSPS) is 30.4. The maximum absolute atomic E-state index is 13.2. The molecule has 0 aromatic carbocycles. The van der Waals surface area contributed by atoms with Gasteiger partial charge in [0.05, 0.1) is 27.5 Å². The lowest BCUT2D eigenvalue weighted by molar-refractivity contribution is -0.134. The molecule has 1 aromatic rings. The van der Waals surface area contributed by atoms with Crippen LogP contribution in [0.2, 0.25) is 0 Å². The van der Waals surface area contributed by atoms with Crippen LogP contribution in [-0.2, 0) is 14.5 Å². The highest BCUT2D eigenvalue weighted by molar-refractivity contribution is 7.99. The van der Waals surface area contributed by atoms with Crippen molar-refractivity contribution in [3.8, 4) is 0 Å². The molecule has 8 nitrogen and oxygen atoms in total. The van der Waals surface area contributed by atoms with E-state index in [1.165, 1.54) is 0 Å². The van der Waals surface area contributed by atoms with Crippen LogP contribution in [0.5, 0.6) is 0 Å². The van der Waals surface area contributed by atoms with Crippen LogP contribution >= 0.6 is 0 Å². The summed E-state index contributed by atoms with van der Waals surface area (Å²) in [7, 11) is -2.49. The number of amides is 1. The van der Waals surface area contributed by atoms with E-state index in [0.717, 1.165) is 0 Å². The number of hydrogen-bond acceptors (Lipinski definition) is 6. The monoisotopic (exact) mass is 368 g/mol. The lowest BCUT2D eigenvalue weighted by Crippen LogP contribution is -2.47. The molecule has 1 amide bonds. The zero-order valence-electron chi connectivity index (χ0n) is 14.6. The Morgan fingerprint density at radius 2 is 2.28 bits per heavy atom. The van der Waals surface area contributed by atoms with Crippen LogP contribution in [0.25, 0.3) is 0 Å². The summed E-state index contributed by atoms with van der Waals surface area (Å²) >= 11 is 0. The average Bonchev–Trinajstić information content (AvgIpc) is 3.18. The van der Waals surface area contributed by atoms with E-state index in [1.807, 2.05) is 13.8 Å². The van der Waals surface area contributed by atoms with E-state index >= 15 is 0 Å². The number of β-amino-alcohol motifs (C(OH)–C–C–N with tert-alkyl or cyclic N) is 1. The smallest absolute Gasteiger partial charge is 0.234 e. The fourth-order valence-electron chi connectivity index (χ4n) is 3.36. The molecule has 2 N–H and O–H groups in total. The van der Waals surface area contributed by atoms with E-state index in [-0.39, 0.29) is 24.2 Å². The van der Waals surface area contributed by atoms with E-state index in [1.54, 1.807) is 17.9 Å². The minimum atomic E-state index is -2.49. The zero-order valence-corrected chi connectivity index (χ0v) is 15.5. The Labute approximate surface area is 147 Å². The van der Waals surface area contributed by atoms with Crippen LogP contribution in [-0.4, -0.2) is 61.6 Å². The number of aliphatic imine (C=N–C) groups is 1. The fraction of sp³-hybridized carbons (Fsp3) is 0.625. The van der Waals surface area contributed by atoms with Gasteiger partial charge in [-0.3, -0.25) is 14.5 Å². The zero-order chi connectivity index (χ0) is 18.4. The molecule has 1 unspecified atom stereocenters. The van der Waals surface area contributed by atoms with Gasteiger partial charge in [-0.25, -0.2) is 4.21 Å². The molecule has 2 aliphatic heterocycles. The van der Waals surface area contributed by atoms with Gasteiger partial charge in [0.2, 0.25) is 5.91 Å². The standard InChI is InChI=1S/C16H24N4O4S/c1-9(2)14(13-5-10(3)18-24-13)16(22)20-7-11(21)6-12(20)15-17-8-25(4,23)19-15/h5,9,11-12,14,21H,4,6-8H2,1-3H3,(H,17,19,23)/t11-,12+,14-,25?/m1/s1. The highest BCUT2D eigenvalue weighted by Crippen LogP contribution is 2.31. The number of rotatable bonds is 4. The molecule has 0 bridgehead atoms. The third-order valence-electron chi connectivity index (χ3n) is 4.50. The quantitative estimate of drug-likeness (QED) is 0.742. The van der Waals surface area contributed by atoms with Crippen molar-refractivity contribution in [3.63, 3.8) is 0 Å². The van der Waals surface area contributed by atoms with Gasteiger partial charge in [-0.1, -0.05) is 19.0 Å². The maximum atomic E-state index is 13.2. The topological polar surface area (TPSA) is 108 Å². The lowest BCUT2D eigenvalue weighted by Gasteiger charge is -2.29. The molecule has 3 rings (SSSR count). The van der Waals surface area contributed by atoms with Crippen LogP contribution in [0.4, 0.5) is 0 Å². The third-order valence-corrected chi connectivity index (χ3v) is 5.62. The molecule has 1 saturated heterocycles. The Kier molecular flexibility index (Phi) is 4.63. The second-order valence-electron chi connectivity index (χ2n) is 7.07. The van der Waals surface area contributed by atoms with Gasteiger partial charge in [-0.05, 0) is 18.7 Å². The van der Waals surface area contributed by atoms with Gasteiger partial charge in [0.25, 0.3) is 0 Å². The van der Waals surface area contributed by atoms with Crippen molar-refractivity contribution < 1.29 is 18.6 Å². The summed E-state index contributed by atoms with van der Waals surface area (Å²) in [6.07, 6.45) is -0.294. The summed E-state index contributed by atoms with van der Waals surface area (Å²) in [5.74, 6) is 4.01. The number of aryl methyl sites for hydroxylation is 1. The molecular weight excluding hydrogens is 344 g/mol. The van der Waals surface area contributed by atoms with E-state index in [9.17, 15) is 14.1 Å². The highest BCUT2D eigenvalue weighted by atomic mass is 32.2. The minimum Gasteiger partial charge on any atom is -0.391 e. The van der Waals surface area contributed by atoms with Crippen molar-refractivity contribution in [1.29, 1.82) is 0 Å². The summed E-state index contributed by atoms with van der Waals surface area (Å²) in [6, 6.07) is 1.33. The molecule has 1 aromatic heterocycles. The van der Waals surface area contributed by atoms with Crippen molar-refractivity contribution in [1.82, 2.24) is 14.8 Å². The molecule has 0 saturated carbocycles. The van der Waals surface area contributed by atoms with Gasteiger partial charge in [0.15, 0.2) is 0 Å². The summed E-state index contributed by atoms with van der Waals surface area (Å²) in [5.41, 5.74) is 0.713. The van der Waals surface area contributed by atoms with Crippen LogP contribution in [0, 0.1) is 12.8 Å². The molecule has 2 aliphatic rings. The summed E-state index contributed by atoms with van der Waals surface area (Å²) < 4.78 is 20.2. The molecule has 0 spiro atoms. The van der Waals surface area contributed by atoms with Gasteiger partial charge in [0, 0.05) is 19.0 Å². The number of hydrogen-bond donors (Lipinski definition) is 2. The minimum absolute atomic E-state index is 0.00575. The second kappa shape index (κ2) is 6.45. The Balaban J connectivity index is 1.88. The van der Waals surface area contributed by atoms with Gasteiger partial charge in [0.1, 0.15) is 23.4 Å². The number of amidine groups is 1. The van der Waals surface area contributed by atoms with Gasteiger partial charge >= 0.3 is 0 Å². The van der Waals surface area contributed by atoms with Crippen molar-refractivity contribution in [2.24, 2.45) is 10.9 Å². The first-order chi connectivity index (χ1) is 11.7. The van der Waals surface area contributed by atoms with Gasteiger partial charge in [-0.15, -0.1) is 0 Å². The van der Waals surface area contributed by atoms with Crippen molar-refractivity contribution in [3.05, 3.63) is 17.5 Å². The Hall–Kier alpha value is -1.87. The van der Waals surface area contributed by atoms with Crippen LogP contribution in [0.3, 0.4) is 0 Å². The molecule has 3 heterocycles. The van der Waals surface area contributed by atoms with Crippen molar-refractivity contribution in [2.75, 3.05) is 12.4 Å². The van der Waals surface area contributed by atoms with Gasteiger partial charge < -0.3 is 14.5 Å². The van der Waals surface area contributed by atoms with E-state index < -0.39 is 27.8 Å². The van der Waals surface area contributed by atoms with Crippen LogP contribution < -0.4 is 4.72 Å². The fourth-order valence-corrected chi connectivity index (χ4v) is 4.36. The first-order valence-electron chi connectivity index (χ1n) is 8.26. The number of nitrogens with zero attached hydrogens (tertiary/aromatic N) is 3. The number of aromatic nitrogens is 1. The number of nitrogens with one attached hydrogen (secondary N) is 1. The van der Waals surface area contributed by atoms with E-state index in [0.29, 0.717) is 23.7 Å². The molecule has 138 valence electrons. The average molecular weight is 368 g/mol. The lowest BCUT2D eigenvalue weighted by atomic mass is 9.91. The SMILES string of the molecule is C=S1(=O)CN=C([C@@H]2C[C@@H](O)CN2C(=O)[C@@H](c2cc(C)no2)C(C)C)N1. The first kappa shape index (κ1) is 17.9. The predicted octanol–water partition coefficient (Wildman–Crippen LogP) is 0.275. The number of likely N-dealkylation sites (tertiary alicyclic amines) is 1. The number of carbonyl (C=O) groups excluding carboxylic acids is 1. The maximum Gasteiger partial charge on any atom is 0.234 e. The second-order valence-corrected chi connectivity index (χ2v) is 9.16. The van der Waals surface area contributed by atoms with Crippen LogP contribution in [0.1, 0.15) is 37.6 Å². The Morgan fingerprint density at radius 1 is 1.56 bits per heavy atom. The van der Waals surface area contributed by atoms with Crippen molar-refractivity contribution >= 4 is 27.3 Å². The molecule has 0 radical (unpaired) electrons. The summed E-state index contributed by atoms with van der Waals surface area (Å²) in [6.45, 7) is 5.89. The van der Waals surface area contributed by atoms with Crippen molar-refractivity contribution in [2.45, 2.75) is 45.3 Å². The highest BCUT2D eigenvalue weighted by Gasteiger charge is 2.43. The largest absolute Gasteiger partial charge is 0.391 e. The summed E-state index contributed by atoms with van der Waals surface area (Å²) in [4.78, 5) is 19.1. The molecule has 1 fully saturated rings.